The molecule has 0 aromatic heterocycles. The normalized spacial score (nSPS) is 10.2. The molecular formula is C7H9KN2O4S. The summed E-state index contributed by atoms with van der Waals surface area (Å²) >= 11 is 0. The number of urea groups is 1. The molecule has 0 unspecified atom stereocenters. The molecule has 0 aliphatic heterocycles. The van der Waals surface area contributed by atoms with Crippen molar-refractivity contribution in [3.8, 4) is 0 Å². The summed E-state index contributed by atoms with van der Waals surface area (Å²) in [4.78, 5) is 10.2. The van der Waals surface area contributed by atoms with Crippen LogP contribution in [-0.4, -0.2) is 19.0 Å². The van der Waals surface area contributed by atoms with Gasteiger partial charge in [0.1, 0.15) is 0 Å². The van der Waals surface area contributed by atoms with Crippen LogP contribution in [-0.2, 0) is 10.1 Å². The minimum absolute atomic E-state index is 0. The number of nitrogens with two attached hydrogens (primary N) is 1. The number of benzene rings is 1. The molecule has 2 amide bonds. The topological polar surface area (TPSA) is 109 Å². The van der Waals surface area contributed by atoms with Crippen LogP contribution in [0.25, 0.3) is 0 Å². The van der Waals surface area contributed by atoms with Crippen molar-refractivity contribution in [1.29, 1.82) is 0 Å². The average molecular weight is 256 g/mol. The Kier molecular flexibility index (Phi) is 5.96. The predicted octanol–water partition coefficient (Wildman–Crippen LogP) is -2.46. The fraction of sp³-hybridized carbons (Fsp3) is 0. The van der Waals surface area contributed by atoms with Crippen molar-refractivity contribution in [2.24, 2.45) is 5.73 Å². The molecule has 0 aliphatic carbocycles. The van der Waals surface area contributed by atoms with E-state index in [1.165, 1.54) is 12.1 Å². The van der Waals surface area contributed by atoms with Crippen molar-refractivity contribution in [1.82, 2.24) is 0 Å². The largest absolute Gasteiger partial charge is 1.00 e. The molecule has 1 aromatic carbocycles. The van der Waals surface area contributed by atoms with Crippen molar-refractivity contribution in [2.45, 2.75) is 4.90 Å². The van der Waals surface area contributed by atoms with Crippen LogP contribution in [0, 0.1) is 0 Å². The van der Waals surface area contributed by atoms with Crippen LogP contribution in [0.15, 0.2) is 29.2 Å². The third-order valence-electron chi connectivity index (χ3n) is 1.42. The summed E-state index contributed by atoms with van der Waals surface area (Å²) in [5, 5.41) is 2.25. The first kappa shape index (κ1) is 15.0. The van der Waals surface area contributed by atoms with Gasteiger partial charge < -0.3 is 12.5 Å². The van der Waals surface area contributed by atoms with Gasteiger partial charge in [-0.15, -0.1) is 0 Å². The van der Waals surface area contributed by atoms with Gasteiger partial charge in [0.05, 0.1) is 4.90 Å². The molecule has 1 aromatic rings. The Bertz CT molecular complexity index is 448. The maximum absolute atomic E-state index is 10.6. The SMILES string of the molecule is NC(=O)Nc1ccc(S(=O)(=O)O)cc1.[H-].[K+]. The summed E-state index contributed by atoms with van der Waals surface area (Å²) < 4.78 is 29.8. The molecule has 6 nitrogen and oxygen atoms in total. The van der Waals surface area contributed by atoms with Crippen molar-refractivity contribution >= 4 is 21.8 Å². The van der Waals surface area contributed by atoms with Crippen LogP contribution in [0.2, 0.25) is 0 Å². The second-order valence-corrected chi connectivity index (χ2v) is 3.91. The molecule has 0 radical (unpaired) electrons. The van der Waals surface area contributed by atoms with E-state index < -0.39 is 16.1 Å². The summed E-state index contributed by atoms with van der Waals surface area (Å²) in [5.74, 6) is 0. The number of nitrogens with one attached hydrogen (secondary N) is 1. The van der Waals surface area contributed by atoms with Gasteiger partial charge in [-0.1, -0.05) is 0 Å². The average Bonchev–Trinajstić information content (AvgIpc) is 2.02. The molecule has 0 atom stereocenters. The van der Waals surface area contributed by atoms with E-state index >= 15 is 0 Å². The van der Waals surface area contributed by atoms with Gasteiger partial charge in [0.15, 0.2) is 0 Å². The Morgan fingerprint density at radius 1 is 1.33 bits per heavy atom. The van der Waals surface area contributed by atoms with E-state index in [0.29, 0.717) is 5.69 Å². The second-order valence-electron chi connectivity index (χ2n) is 2.49. The molecule has 0 saturated heterocycles. The van der Waals surface area contributed by atoms with Crippen molar-refractivity contribution < 1.29 is 70.6 Å². The Hall–Kier alpha value is 0.0364. The molecule has 0 fully saturated rings. The van der Waals surface area contributed by atoms with Gasteiger partial charge in [0.25, 0.3) is 10.1 Å². The Morgan fingerprint density at radius 2 is 1.80 bits per heavy atom. The van der Waals surface area contributed by atoms with E-state index in [2.05, 4.69) is 5.32 Å². The van der Waals surface area contributed by atoms with Crippen LogP contribution in [0.5, 0.6) is 0 Å². The molecule has 0 bridgehead atoms. The number of anilines is 1. The molecule has 4 N–H and O–H groups in total. The van der Waals surface area contributed by atoms with Gasteiger partial charge in [0.2, 0.25) is 0 Å². The van der Waals surface area contributed by atoms with Gasteiger partial charge in [0, 0.05) is 5.69 Å². The number of hydrogen-bond acceptors (Lipinski definition) is 3. The Morgan fingerprint density at radius 3 is 2.13 bits per heavy atom. The van der Waals surface area contributed by atoms with E-state index in [9.17, 15) is 13.2 Å². The first-order valence-electron chi connectivity index (χ1n) is 3.53. The van der Waals surface area contributed by atoms with Gasteiger partial charge in [-0.25, -0.2) is 4.79 Å². The van der Waals surface area contributed by atoms with Crippen molar-refractivity contribution in [2.75, 3.05) is 5.32 Å². The first-order chi connectivity index (χ1) is 6.39. The zero-order valence-corrected chi connectivity index (χ0v) is 11.9. The molecule has 0 spiro atoms. The van der Waals surface area contributed by atoms with Gasteiger partial charge in [-0.05, 0) is 24.3 Å². The van der Waals surface area contributed by atoms with E-state index in [4.69, 9.17) is 10.3 Å². The summed E-state index contributed by atoms with van der Waals surface area (Å²) in [6.45, 7) is 0. The number of carbonyl (C=O) groups excluding carboxylic acids is 1. The molecule has 1 rings (SSSR count). The van der Waals surface area contributed by atoms with E-state index in [1.807, 2.05) is 0 Å². The Labute approximate surface area is 131 Å². The molecule has 0 saturated carbocycles. The van der Waals surface area contributed by atoms with Crippen molar-refractivity contribution in [3.05, 3.63) is 24.3 Å². The van der Waals surface area contributed by atoms with E-state index in [-0.39, 0.29) is 57.7 Å². The number of amides is 2. The minimum atomic E-state index is -4.19. The van der Waals surface area contributed by atoms with Crippen molar-refractivity contribution in [3.63, 3.8) is 0 Å². The van der Waals surface area contributed by atoms with Crippen LogP contribution in [0.1, 0.15) is 1.43 Å². The van der Waals surface area contributed by atoms with Crippen LogP contribution in [0.4, 0.5) is 10.5 Å². The Balaban J connectivity index is 0. The molecule has 8 heteroatoms. The fourth-order valence-corrected chi connectivity index (χ4v) is 1.33. The minimum Gasteiger partial charge on any atom is -1.00 e. The van der Waals surface area contributed by atoms with E-state index in [0.717, 1.165) is 12.1 Å². The smallest absolute Gasteiger partial charge is 1.00 e. The monoisotopic (exact) mass is 256 g/mol. The second kappa shape index (κ2) is 5.94. The number of rotatable bonds is 2. The quantitative estimate of drug-likeness (QED) is 0.403. The third kappa shape index (κ3) is 5.07. The fourth-order valence-electron chi connectivity index (χ4n) is 0.852. The van der Waals surface area contributed by atoms with Crippen LogP contribution in [0.3, 0.4) is 0 Å². The predicted molar refractivity (Wildman–Crippen MR) is 50.6 cm³/mol. The van der Waals surface area contributed by atoms with Crippen LogP contribution < -0.4 is 62.4 Å². The third-order valence-corrected chi connectivity index (χ3v) is 2.29. The van der Waals surface area contributed by atoms with Crippen LogP contribution >= 0.6 is 0 Å². The maximum Gasteiger partial charge on any atom is 1.00 e. The molecule has 78 valence electrons. The number of primary amides is 1. The first-order valence-corrected chi connectivity index (χ1v) is 4.97. The zero-order chi connectivity index (χ0) is 10.8. The number of hydrogen-bond donors (Lipinski definition) is 3. The summed E-state index contributed by atoms with van der Waals surface area (Å²) in [5.41, 5.74) is 5.18. The zero-order valence-electron chi connectivity index (χ0n) is 8.97. The summed E-state index contributed by atoms with van der Waals surface area (Å²) in [6, 6.07) is 4.19. The van der Waals surface area contributed by atoms with Gasteiger partial charge >= 0.3 is 57.4 Å². The molecule has 0 aliphatic rings. The molecular weight excluding hydrogens is 247 g/mol. The molecule has 15 heavy (non-hydrogen) atoms. The standard InChI is InChI=1S/C7H8N2O4S.K.H/c8-7(10)9-5-1-3-6(4-2-5)14(11,12)13;;/h1-4H,(H3,8,9,10)(H,11,12,13);;/q;+1;-1. The molecule has 0 heterocycles. The summed E-state index contributed by atoms with van der Waals surface area (Å²) in [7, 11) is -4.19. The number of carbonyl (C=O) groups is 1. The summed E-state index contributed by atoms with van der Waals surface area (Å²) in [6.07, 6.45) is 0. The van der Waals surface area contributed by atoms with Gasteiger partial charge in [-0.3, -0.25) is 4.55 Å². The maximum atomic E-state index is 10.6. The van der Waals surface area contributed by atoms with Gasteiger partial charge in [-0.2, -0.15) is 8.42 Å². The van der Waals surface area contributed by atoms with E-state index in [1.54, 1.807) is 0 Å².